The van der Waals surface area contributed by atoms with Gasteiger partial charge in [-0.2, -0.15) is 5.10 Å². The molecule has 3 rings (SSSR count). The number of hydrogen-bond donors (Lipinski definition) is 5. The van der Waals surface area contributed by atoms with Crippen molar-refractivity contribution in [1.82, 2.24) is 15.2 Å². The first-order valence-electron chi connectivity index (χ1n) is 15.0. The van der Waals surface area contributed by atoms with Crippen LogP contribution in [-0.4, -0.2) is 108 Å². The first kappa shape index (κ1) is 38.1. The van der Waals surface area contributed by atoms with Crippen LogP contribution < -0.4 is 15.1 Å². The molecule has 0 aromatic heterocycles. The second-order valence-electron chi connectivity index (χ2n) is 11.4. The van der Waals surface area contributed by atoms with Gasteiger partial charge in [-0.3, -0.25) is 14.0 Å². The van der Waals surface area contributed by atoms with Crippen molar-refractivity contribution in [1.29, 1.82) is 0 Å². The molecule has 3 aromatic carbocycles. The maximum absolute atomic E-state index is 12.2. The number of nitrogens with one attached hydrogen (secondary N) is 1. The van der Waals surface area contributed by atoms with Gasteiger partial charge in [-0.15, -0.1) is 0 Å². The molecule has 2 atom stereocenters. The second kappa shape index (κ2) is 17.7. The van der Waals surface area contributed by atoms with E-state index in [4.69, 9.17) is 9.47 Å². The van der Waals surface area contributed by atoms with Gasteiger partial charge in [0.25, 0.3) is 0 Å². The molecule has 16 heteroatoms. The first-order valence-corrected chi connectivity index (χ1v) is 17.9. The molecule has 0 heterocycles. The highest BCUT2D eigenvalue weighted by atomic mass is 31.2. The maximum atomic E-state index is 12.2. The zero-order valence-corrected chi connectivity index (χ0v) is 29.0. The second-order valence-corrected chi connectivity index (χ2v) is 15.1. The van der Waals surface area contributed by atoms with Crippen molar-refractivity contribution in [3.8, 4) is 5.75 Å². The molecular formula is C31H45N5O9P2. The number of anilines is 1. The fourth-order valence-electron chi connectivity index (χ4n) is 4.79. The predicted molar refractivity (Wildman–Crippen MR) is 184 cm³/mol. The summed E-state index contributed by atoms with van der Waals surface area (Å²) in [5, 5.41) is 13.4. The van der Waals surface area contributed by atoms with Crippen molar-refractivity contribution in [2.24, 2.45) is 5.10 Å². The Morgan fingerprint density at radius 1 is 0.979 bits per heavy atom. The van der Waals surface area contributed by atoms with Gasteiger partial charge in [-0.05, 0) is 55.2 Å². The standard InChI is InChI=1S/C31H45N5O9P2/c1-34(2)29-14-7-12-27-25(10-6-13-28(27)29)23-36(4)18-20-45-30(37)33-32-22-24-9-5-11-26(21-24)44-19-8-16-35(3)17-15-31(38,46(39)40)47(41,42)43/h5-7,9-14,21-22,38,46H,8,15-20,23H2,1-4H3,(H,33,37)(H,39,40)(H2,41,42,43)/b32-22+. The molecule has 0 saturated carbocycles. The van der Waals surface area contributed by atoms with E-state index in [9.17, 15) is 33.7 Å². The number of nitrogens with zero attached hydrogens (tertiary/aromatic N) is 4. The average molecular weight is 694 g/mol. The Bertz CT molecular complexity index is 1590. The van der Waals surface area contributed by atoms with Crippen LogP contribution in [-0.2, 0) is 20.4 Å². The van der Waals surface area contributed by atoms with Crippen LogP contribution in [0.4, 0.5) is 10.5 Å². The van der Waals surface area contributed by atoms with Gasteiger partial charge in [0.2, 0.25) is 13.1 Å². The molecule has 3 aromatic rings. The summed E-state index contributed by atoms with van der Waals surface area (Å²) < 4.78 is 33.8. The number of rotatable bonds is 18. The van der Waals surface area contributed by atoms with Gasteiger partial charge >= 0.3 is 13.7 Å². The summed E-state index contributed by atoms with van der Waals surface area (Å²) in [6.07, 6.45) is 0.787. The van der Waals surface area contributed by atoms with Crippen LogP contribution in [0.3, 0.4) is 0 Å². The minimum Gasteiger partial charge on any atom is -0.494 e. The summed E-state index contributed by atoms with van der Waals surface area (Å²) in [5.41, 5.74) is 5.39. The van der Waals surface area contributed by atoms with Crippen LogP contribution in [0.25, 0.3) is 10.8 Å². The van der Waals surface area contributed by atoms with Crippen molar-refractivity contribution in [3.05, 3.63) is 71.8 Å². The first-order chi connectivity index (χ1) is 22.2. The summed E-state index contributed by atoms with van der Waals surface area (Å²) in [6.45, 7) is 2.20. The molecule has 0 spiro atoms. The normalized spacial score (nSPS) is 14.0. The number of amides is 1. The molecule has 258 valence electrons. The summed E-state index contributed by atoms with van der Waals surface area (Å²) in [6, 6.07) is 19.6. The summed E-state index contributed by atoms with van der Waals surface area (Å²) in [5.74, 6) is 0.570. The lowest BCUT2D eigenvalue weighted by Gasteiger charge is -2.28. The maximum Gasteiger partial charge on any atom is 0.427 e. The van der Waals surface area contributed by atoms with Crippen molar-refractivity contribution >= 4 is 44.4 Å². The Balaban J connectivity index is 1.36. The van der Waals surface area contributed by atoms with E-state index in [1.165, 1.54) is 22.6 Å². The third-order valence-electron chi connectivity index (χ3n) is 7.46. The van der Waals surface area contributed by atoms with Gasteiger partial charge in [0.05, 0.1) is 12.8 Å². The Morgan fingerprint density at radius 3 is 2.38 bits per heavy atom. The third kappa shape index (κ3) is 11.4. The molecule has 5 N–H and O–H groups in total. The fourth-order valence-corrected chi connectivity index (χ4v) is 6.50. The largest absolute Gasteiger partial charge is 0.494 e. The molecule has 0 fully saturated rings. The van der Waals surface area contributed by atoms with Crippen LogP contribution in [0.5, 0.6) is 5.75 Å². The van der Waals surface area contributed by atoms with Crippen LogP contribution in [0.2, 0.25) is 0 Å². The minimum atomic E-state index is -5.18. The number of hydrazone groups is 1. The van der Waals surface area contributed by atoms with Crippen LogP contribution in [0.15, 0.2) is 65.8 Å². The number of hydrogen-bond acceptors (Lipinski definition) is 10. The van der Waals surface area contributed by atoms with Crippen molar-refractivity contribution in [2.75, 3.05) is 65.9 Å². The van der Waals surface area contributed by atoms with E-state index in [0.717, 1.165) is 5.69 Å². The molecule has 2 unspecified atom stereocenters. The fraction of sp³-hybridized carbons (Fsp3) is 0.419. The molecular weight excluding hydrogens is 648 g/mol. The van der Waals surface area contributed by atoms with Gasteiger partial charge in [0.15, 0.2) is 0 Å². The van der Waals surface area contributed by atoms with E-state index >= 15 is 0 Å². The highest BCUT2D eigenvalue weighted by Gasteiger charge is 2.50. The van der Waals surface area contributed by atoms with Crippen molar-refractivity contribution in [3.63, 3.8) is 0 Å². The number of carbonyl (C=O) groups is 1. The lowest BCUT2D eigenvalue weighted by atomic mass is 10.0. The number of benzene rings is 3. The number of fused-ring (bicyclic) bond motifs is 1. The average Bonchev–Trinajstić information content (AvgIpc) is 3.01. The highest BCUT2D eigenvalue weighted by Crippen LogP contribution is 2.61. The monoisotopic (exact) mass is 693 g/mol. The summed E-state index contributed by atoms with van der Waals surface area (Å²) in [4.78, 5) is 45.7. The summed E-state index contributed by atoms with van der Waals surface area (Å²) >= 11 is 0. The molecule has 1 amide bonds. The lowest BCUT2D eigenvalue weighted by Crippen LogP contribution is -2.31. The quantitative estimate of drug-likeness (QED) is 0.0567. The number of carbonyl (C=O) groups excluding carboxylic acids is 1. The van der Waals surface area contributed by atoms with E-state index in [2.05, 4.69) is 56.7 Å². The zero-order chi connectivity index (χ0) is 34.6. The van der Waals surface area contributed by atoms with Crippen LogP contribution in [0, 0.1) is 0 Å². The van der Waals surface area contributed by atoms with Gasteiger partial charge < -0.3 is 39.1 Å². The van der Waals surface area contributed by atoms with Crippen LogP contribution in [0.1, 0.15) is 24.0 Å². The number of likely N-dealkylation sites (N-methyl/N-ethyl adjacent to an activating group) is 1. The number of ether oxygens (including phenoxy) is 2. The van der Waals surface area contributed by atoms with Gasteiger partial charge in [-0.25, -0.2) is 10.2 Å². The predicted octanol–water partition coefficient (Wildman–Crippen LogP) is 3.48. The highest BCUT2D eigenvalue weighted by molar-refractivity contribution is 7.66. The molecule has 0 bridgehead atoms. The van der Waals surface area contributed by atoms with Gasteiger partial charge in [-0.1, -0.05) is 42.5 Å². The SMILES string of the molecule is CN(CCCOc1cccc(/C=N/NC(=O)OCCN(C)Cc2cccc3c(N(C)C)cccc23)c1)CCC(O)([PH](=O)O)P(=O)(O)O. The van der Waals surface area contributed by atoms with Crippen LogP contribution >= 0.6 is 15.6 Å². The van der Waals surface area contributed by atoms with E-state index < -0.39 is 33.2 Å². The molecule has 14 nitrogen and oxygen atoms in total. The lowest BCUT2D eigenvalue weighted by molar-refractivity contribution is 0.131. The number of aliphatic hydroxyl groups is 1. The topological polar surface area (TPSA) is 185 Å². The van der Waals surface area contributed by atoms with Crippen molar-refractivity contribution in [2.45, 2.75) is 24.5 Å². The van der Waals surface area contributed by atoms with E-state index in [-0.39, 0.29) is 13.2 Å². The Morgan fingerprint density at radius 2 is 1.68 bits per heavy atom. The van der Waals surface area contributed by atoms with E-state index in [1.54, 1.807) is 36.2 Å². The third-order valence-corrected chi connectivity index (χ3v) is 11.0. The van der Waals surface area contributed by atoms with E-state index in [0.29, 0.717) is 44.0 Å². The van der Waals surface area contributed by atoms with Gasteiger partial charge in [0, 0.05) is 57.8 Å². The van der Waals surface area contributed by atoms with Crippen molar-refractivity contribution < 1.29 is 43.2 Å². The molecule has 0 radical (unpaired) electrons. The molecule has 0 saturated heterocycles. The van der Waals surface area contributed by atoms with E-state index in [1.807, 2.05) is 21.1 Å². The molecule has 0 aliphatic carbocycles. The molecule has 0 aliphatic rings. The Hall–Kier alpha value is -3.32. The minimum absolute atomic E-state index is 0.000234. The van der Waals surface area contributed by atoms with Gasteiger partial charge in [0.1, 0.15) is 12.4 Å². The summed E-state index contributed by atoms with van der Waals surface area (Å²) in [7, 11) is -1.37. The zero-order valence-electron chi connectivity index (χ0n) is 27.1. The Kier molecular flexibility index (Phi) is 14.4. The molecule has 47 heavy (non-hydrogen) atoms. The Labute approximate surface area is 275 Å². The molecule has 0 aliphatic heterocycles. The smallest absolute Gasteiger partial charge is 0.427 e.